The minimum Gasteiger partial charge on any atom is -0.376 e. The molecule has 0 atom stereocenters. The van der Waals surface area contributed by atoms with Crippen molar-refractivity contribution in [1.29, 1.82) is 0 Å². The number of nitrogens with zero attached hydrogens (tertiary/aromatic N) is 1. The van der Waals surface area contributed by atoms with Crippen LogP contribution in [0.25, 0.3) is 0 Å². The van der Waals surface area contributed by atoms with Gasteiger partial charge in [0.05, 0.1) is 0 Å². The zero-order valence-corrected chi connectivity index (χ0v) is 8.60. The van der Waals surface area contributed by atoms with Crippen molar-refractivity contribution in [3.05, 3.63) is 0 Å². The molecule has 2 N–H and O–H groups in total. The van der Waals surface area contributed by atoms with Crippen LogP contribution in [0.4, 0.5) is 0 Å². The normalized spacial score (nSPS) is 23.3. The smallest absolute Gasteiger partial charge is 0.166 e. The first-order chi connectivity index (χ1) is 5.01. The highest BCUT2D eigenvalue weighted by Gasteiger charge is 2.27. The van der Waals surface area contributed by atoms with E-state index in [1.807, 2.05) is 11.8 Å². The lowest BCUT2D eigenvalue weighted by atomic mass is 10.2. The van der Waals surface area contributed by atoms with Gasteiger partial charge in [0.1, 0.15) is 0 Å². The van der Waals surface area contributed by atoms with E-state index in [0.29, 0.717) is 9.86 Å². The van der Waals surface area contributed by atoms with Gasteiger partial charge in [-0.05, 0) is 26.1 Å². The fourth-order valence-corrected chi connectivity index (χ4v) is 2.47. The second kappa shape index (κ2) is 3.19. The third kappa shape index (κ3) is 2.52. The number of hydrogen-bond donors (Lipinski definition) is 1. The molecule has 0 aromatic carbocycles. The Bertz CT molecular complexity index is 168. The molecule has 0 aromatic rings. The van der Waals surface area contributed by atoms with Crippen molar-refractivity contribution >= 4 is 29.1 Å². The predicted octanol–water partition coefficient (Wildman–Crippen LogP) is 1.06. The molecule has 0 aliphatic carbocycles. The molecule has 1 aliphatic heterocycles. The van der Waals surface area contributed by atoms with E-state index in [9.17, 15) is 0 Å². The molecule has 1 saturated heterocycles. The van der Waals surface area contributed by atoms with Gasteiger partial charge in [0.15, 0.2) is 5.11 Å². The fourth-order valence-electron chi connectivity index (χ4n) is 1.20. The van der Waals surface area contributed by atoms with E-state index >= 15 is 0 Å². The van der Waals surface area contributed by atoms with Crippen molar-refractivity contribution in [2.45, 2.75) is 18.6 Å². The SMILES string of the molecule is CC1(C)CN(C(N)=S)CCS1. The average Bonchev–Trinajstić information content (AvgIpc) is 1.85. The Labute approximate surface area is 77.5 Å². The topological polar surface area (TPSA) is 29.3 Å². The number of rotatable bonds is 0. The summed E-state index contributed by atoms with van der Waals surface area (Å²) < 4.78 is 0.307. The zero-order valence-electron chi connectivity index (χ0n) is 6.96. The monoisotopic (exact) mass is 190 g/mol. The van der Waals surface area contributed by atoms with Crippen LogP contribution in [0, 0.1) is 0 Å². The van der Waals surface area contributed by atoms with E-state index in [1.165, 1.54) is 0 Å². The fraction of sp³-hybridized carbons (Fsp3) is 0.857. The van der Waals surface area contributed by atoms with Crippen LogP contribution in [0.3, 0.4) is 0 Å². The second-order valence-electron chi connectivity index (χ2n) is 3.37. The van der Waals surface area contributed by atoms with Crippen molar-refractivity contribution in [3.8, 4) is 0 Å². The third-order valence-corrected chi connectivity index (χ3v) is 3.29. The molecule has 0 amide bonds. The van der Waals surface area contributed by atoms with Gasteiger partial charge in [-0.25, -0.2) is 0 Å². The summed E-state index contributed by atoms with van der Waals surface area (Å²) in [6.07, 6.45) is 0. The maximum absolute atomic E-state index is 5.54. The molecule has 0 aromatic heterocycles. The molecule has 1 fully saturated rings. The Kier molecular flexibility index (Phi) is 2.65. The quantitative estimate of drug-likeness (QED) is 0.578. The van der Waals surface area contributed by atoms with Crippen LogP contribution in [0.5, 0.6) is 0 Å². The highest BCUT2D eigenvalue weighted by Crippen LogP contribution is 2.29. The first-order valence-corrected chi connectivity index (χ1v) is 5.09. The van der Waals surface area contributed by atoms with Gasteiger partial charge in [-0.3, -0.25) is 0 Å². The van der Waals surface area contributed by atoms with Crippen LogP contribution in [-0.4, -0.2) is 33.6 Å². The molecule has 4 heteroatoms. The molecular formula is C7H14N2S2. The molecule has 1 aliphatic rings. The van der Waals surface area contributed by atoms with E-state index in [2.05, 4.69) is 18.7 Å². The van der Waals surface area contributed by atoms with E-state index in [-0.39, 0.29) is 0 Å². The van der Waals surface area contributed by atoms with Gasteiger partial charge in [0.25, 0.3) is 0 Å². The Hall–Kier alpha value is 0.0400. The minimum atomic E-state index is 0.307. The minimum absolute atomic E-state index is 0.307. The van der Waals surface area contributed by atoms with Crippen LogP contribution in [0.1, 0.15) is 13.8 Å². The molecular weight excluding hydrogens is 176 g/mol. The van der Waals surface area contributed by atoms with Gasteiger partial charge in [-0.15, -0.1) is 0 Å². The molecule has 1 rings (SSSR count). The molecule has 0 radical (unpaired) electrons. The van der Waals surface area contributed by atoms with E-state index in [1.54, 1.807) is 0 Å². The van der Waals surface area contributed by atoms with Crippen LogP contribution in [-0.2, 0) is 0 Å². The lowest BCUT2D eigenvalue weighted by Gasteiger charge is -2.37. The van der Waals surface area contributed by atoms with Gasteiger partial charge in [-0.1, -0.05) is 0 Å². The molecule has 0 saturated carbocycles. The highest BCUT2D eigenvalue weighted by atomic mass is 32.2. The largest absolute Gasteiger partial charge is 0.376 e. The van der Waals surface area contributed by atoms with Crippen molar-refractivity contribution < 1.29 is 0 Å². The number of thiocarbonyl (C=S) groups is 1. The Balaban J connectivity index is 2.53. The standard InChI is InChI=1S/C7H14N2S2/c1-7(2)5-9(6(8)10)3-4-11-7/h3-5H2,1-2H3,(H2,8,10). The summed E-state index contributed by atoms with van der Waals surface area (Å²) in [6.45, 7) is 6.43. The summed E-state index contributed by atoms with van der Waals surface area (Å²) in [5.74, 6) is 1.13. The number of hydrogen-bond acceptors (Lipinski definition) is 2. The van der Waals surface area contributed by atoms with E-state index in [4.69, 9.17) is 18.0 Å². The Morgan fingerprint density at radius 2 is 2.27 bits per heavy atom. The van der Waals surface area contributed by atoms with Gasteiger partial charge in [0, 0.05) is 23.6 Å². The summed E-state index contributed by atoms with van der Waals surface area (Å²) in [6, 6.07) is 0. The Morgan fingerprint density at radius 1 is 1.64 bits per heavy atom. The molecule has 0 spiro atoms. The highest BCUT2D eigenvalue weighted by molar-refractivity contribution is 8.00. The van der Waals surface area contributed by atoms with Crippen molar-refractivity contribution in [2.24, 2.45) is 5.73 Å². The molecule has 2 nitrogen and oxygen atoms in total. The van der Waals surface area contributed by atoms with Gasteiger partial charge in [0.2, 0.25) is 0 Å². The summed E-state index contributed by atoms with van der Waals surface area (Å²) >= 11 is 6.90. The molecule has 11 heavy (non-hydrogen) atoms. The van der Waals surface area contributed by atoms with Crippen molar-refractivity contribution in [2.75, 3.05) is 18.8 Å². The number of thioether (sulfide) groups is 1. The van der Waals surface area contributed by atoms with Crippen LogP contribution >= 0.6 is 24.0 Å². The first kappa shape index (κ1) is 9.13. The van der Waals surface area contributed by atoms with Crippen molar-refractivity contribution in [3.63, 3.8) is 0 Å². The van der Waals surface area contributed by atoms with E-state index < -0.39 is 0 Å². The van der Waals surface area contributed by atoms with E-state index in [0.717, 1.165) is 18.8 Å². The molecule has 1 heterocycles. The van der Waals surface area contributed by atoms with Crippen LogP contribution < -0.4 is 5.73 Å². The van der Waals surface area contributed by atoms with Crippen LogP contribution in [0.2, 0.25) is 0 Å². The average molecular weight is 190 g/mol. The predicted molar refractivity (Wildman–Crippen MR) is 54.9 cm³/mol. The Morgan fingerprint density at radius 3 is 2.64 bits per heavy atom. The van der Waals surface area contributed by atoms with Gasteiger partial charge in [-0.2, -0.15) is 11.8 Å². The maximum Gasteiger partial charge on any atom is 0.166 e. The second-order valence-corrected chi connectivity index (χ2v) is 5.59. The van der Waals surface area contributed by atoms with Crippen LogP contribution in [0.15, 0.2) is 0 Å². The molecule has 0 bridgehead atoms. The van der Waals surface area contributed by atoms with Crippen molar-refractivity contribution in [1.82, 2.24) is 4.90 Å². The summed E-state index contributed by atoms with van der Waals surface area (Å²) in [4.78, 5) is 2.08. The first-order valence-electron chi connectivity index (χ1n) is 3.70. The lowest BCUT2D eigenvalue weighted by Crippen LogP contribution is -2.48. The summed E-state index contributed by atoms with van der Waals surface area (Å²) in [7, 11) is 0. The zero-order chi connectivity index (χ0) is 8.48. The summed E-state index contributed by atoms with van der Waals surface area (Å²) in [5.41, 5.74) is 5.54. The third-order valence-electron chi connectivity index (χ3n) is 1.74. The van der Waals surface area contributed by atoms with Gasteiger partial charge < -0.3 is 10.6 Å². The van der Waals surface area contributed by atoms with Gasteiger partial charge >= 0.3 is 0 Å². The molecule has 64 valence electrons. The molecule has 0 unspecified atom stereocenters. The number of nitrogens with two attached hydrogens (primary N) is 1. The maximum atomic E-state index is 5.54. The lowest BCUT2D eigenvalue weighted by molar-refractivity contribution is 0.392. The summed E-state index contributed by atoms with van der Waals surface area (Å²) in [5, 5.41) is 0.540.